The maximum absolute atomic E-state index is 11.3. The monoisotopic (exact) mass is 239 g/mol. The number of aliphatic hydroxyl groups excluding tert-OH is 1. The van der Waals surface area contributed by atoms with Gasteiger partial charge in [0.05, 0.1) is 19.8 Å². The van der Waals surface area contributed by atoms with Crippen LogP contribution in [0.15, 0.2) is 18.3 Å². The maximum Gasteiger partial charge on any atom is 0.269 e. The van der Waals surface area contributed by atoms with Gasteiger partial charge in [-0.15, -0.1) is 0 Å². The summed E-state index contributed by atoms with van der Waals surface area (Å²) in [5.74, 6) is -0.217. The minimum atomic E-state index is -0.217. The first-order chi connectivity index (χ1) is 8.27. The molecule has 0 aliphatic carbocycles. The van der Waals surface area contributed by atoms with Gasteiger partial charge in [-0.25, -0.2) is 0 Å². The van der Waals surface area contributed by atoms with Crippen molar-refractivity contribution >= 4 is 11.6 Å². The van der Waals surface area contributed by atoms with Gasteiger partial charge in [0.25, 0.3) is 5.91 Å². The standard InChI is InChI=1S/C11H17N3O3/c1-12-11(16)10-8-9(2-3-14-10)13-4-6-17-7-5-15/h2-3,8,15H,4-7H2,1H3,(H,12,16)(H,13,14). The van der Waals surface area contributed by atoms with Crippen molar-refractivity contribution in [2.45, 2.75) is 0 Å². The lowest BCUT2D eigenvalue weighted by molar-refractivity contribution is 0.0958. The highest BCUT2D eigenvalue weighted by Gasteiger charge is 2.04. The summed E-state index contributed by atoms with van der Waals surface area (Å²) in [6.07, 6.45) is 1.57. The summed E-state index contributed by atoms with van der Waals surface area (Å²) >= 11 is 0. The molecule has 0 fully saturated rings. The van der Waals surface area contributed by atoms with Crippen molar-refractivity contribution in [1.29, 1.82) is 0 Å². The molecule has 0 aliphatic rings. The Balaban J connectivity index is 2.40. The number of carbonyl (C=O) groups excluding carboxylic acids is 1. The fourth-order valence-corrected chi connectivity index (χ4v) is 1.23. The summed E-state index contributed by atoms with van der Waals surface area (Å²) in [6, 6.07) is 3.45. The third-order valence-corrected chi connectivity index (χ3v) is 2.03. The Bertz CT molecular complexity index is 358. The average Bonchev–Trinajstić information content (AvgIpc) is 2.38. The molecule has 0 atom stereocenters. The Kier molecular flexibility index (Phi) is 5.98. The number of amides is 1. The Morgan fingerprint density at radius 2 is 2.35 bits per heavy atom. The molecule has 1 amide bonds. The largest absolute Gasteiger partial charge is 0.394 e. The van der Waals surface area contributed by atoms with Crippen LogP contribution in [-0.4, -0.2) is 49.4 Å². The molecule has 0 unspecified atom stereocenters. The number of ether oxygens (including phenoxy) is 1. The van der Waals surface area contributed by atoms with Crippen LogP contribution < -0.4 is 10.6 Å². The Morgan fingerprint density at radius 1 is 1.53 bits per heavy atom. The zero-order valence-electron chi connectivity index (χ0n) is 9.77. The maximum atomic E-state index is 11.3. The zero-order valence-corrected chi connectivity index (χ0v) is 9.77. The van der Waals surface area contributed by atoms with Crippen molar-refractivity contribution in [3.63, 3.8) is 0 Å². The Labute approximate surface area is 100 Å². The normalized spacial score (nSPS) is 10.0. The van der Waals surface area contributed by atoms with E-state index in [1.165, 1.54) is 0 Å². The van der Waals surface area contributed by atoms with Crippen LogP contribution in [0.2, 0.25) is 0 Å². The van der Waals surface area contributed by atoms with Gasteiger partial charge in [-0.05, 0) is 12.1 Å². The van der Waals surface area contributed by atoms with Gasteiger partial charge in [0, 0.05) is 25.5 Å². The number of hydrogen-bond donors (Lipinski definition) is 3. The summed E-state index contributed by atoms with van der Waals surface area (Å²) in [5.41, 5.74) is 1.18. The number of aliphatic hydroxyl groups is 1. The predicted octanol–water partition coefficient (Wildman–Crippen LogP) is -0.138. The average molecular weight is 239 g/mol. The number of carbonyl (C=O) groups is 1. The van der Waals surface area contributed by atoms with Gasteiger partial charge in [-0.2, -0.15) is 0 Å². The zero-order chi connectivity index (χ0) is 12.5. The fourth-order valence-electron chi connectivity index (χ4n) is 1.23. The molecule has 6 nitrogen and oxygen atoms in total. The molecule has 0 aromatic carbocycles. The number of pyridine rings is 1. The van der Waals surface area contributed by atoms with E-state index in [0.29, 0.717) is 25.5 Å². The van der Waals surface area contributed by atoms with E-state index in [1.54, 1.807) is 25.4 Å². The van der Waals surface area contributed by atoms with Crippen LogP contribution in [0, 0.1) is 0 Å². The SMILES string of the molecule is CNC(=O)c1cc(NCCOCCO)ccn1. The quantitative estimate of drug-likeness (QED) is 0.577. The molecule has 0 bridgehead atoms. The fraction of sp³-hybridized carbons (Fsp3) is 0.455. The Morgan fingerprint density at radius 3 is 3.06 bits per heavy atom. The third-order valence-electron chi connectivity index (χ3n) is 2.03. The van der Waals surface area contributed by atoms with E-state index in [4.69, 9.17) is 9.84 Å². The van der Waals surface area contributed by atoms with Gasteiger partial charge in [0.1, 0.15) is 5.69 Å². The van der Waals surface area contributed by atoms with Crippen molar-refractivity contribution in [2.75, 3.05) is 38.7 Å². The lowest BCUT2D eigenvalue weighted by atomic mass is 10.3. The summed E-state index contributed by atoms with van der Waals surface area (Å²) in [4.78, 5) is 15.3. The second-order valence-corrected chi connectivity index (χ2v) is 3.27. The summed E-state index contributed by atoms with van der Waals surface area (Å²) in [5, 5.41) is 14.1. The van der Waals surface area contributed by atoms with Gasteiger partial charge >= 0.3 is 0 Å². The van der Waals surface area contributed by atoms with Crippen LogP contribution in [0.5, 0.6) is 0 Å². The minimum Gasteiger partial charge on any atom is -0.394 e. The molecule has 17 heavy (non-hydrogen) atoms. The number of aromatic nitrogens is 1. The number of anilines is 1. The highest BCUT2D eigenvalue weighted by molar-refractivity contribution is 5.92. The van der Waals surface area contributed by atoms with E-state index in [2.05, 4.69) is 15.6 Å². The van der Waals surface area contributed by atoms with Gasteiger partial charge < -0.3 is 20.5 Å². The van der Waals surface area contributed by atoms with E-state index in [9.17, 15) is 4.79 Å². The van der Waals surface area contributed by atoms with Gasteiger partial charge in [-0.3, -0.25) is 9.78 Å². The summed E-state index contributed by atoms with van der Waals surface area (Å²) in [6.45, 7) is 1.47. The van der Waals surface area contributed by atoms with Crippen molar-refractivity contribution in [2.24, 2.45) is 0 Å². The molecule has 0 spiro atoms. The van der Waals surface area contributed by atoms with Crippen molar-refractivity contribution in [1.82, 2.24) is 10.3 Å². The van der Waals surface area contributed by atoms with E-state index >= 15 is 0 Å². The topological polar surface area (TPSA) is 83.5 Å². The number of nitrogens with zero attached hydrogens (tertiary/aromatic N) is 1. The molecular weight excluding hydrogens is 222 g/mol. The second-order valence-electron chi connectivity index (χ2n) is 3.27. The molecule has 0 aliphatic heterocycles. The molecule has 0 saturated carbocycles. The molecular formula is C11H17N3O3. The van der Waals surface area contributed by atoms with Crippen molar-refractivity contribution < 1.29 is 14.6 Å². The first-order valence-corrected chi connectivity index (χ1v) is 5.38. The molecule has 1 aromatic rings. The van der Waals surface area contributed by atoms with Crippen LogP contribution in [0.3, 0.4) is 0 Å². The molecule has 94 valence electrons. The highest BCUT2D eigenvalue weighted by atomic mass is 16.5. The lowest BCUT2D eigenvalue weighted by Crippen LogP contribution is -2.19. The molecule has 0 radical (unpaired) electrons. The van der Waals surface area contributed by atoms with Crippen LogP contribution in [-0.2, 0) is 4.74 Å². The molecule has 1 rings (SSSR count). The number of nitrogens with one attached hydrogen (secondary N) is 2. The van der Waals surface area contributed by atoms with E-state index in [1.807, 2.05) is 0 Å². The smallest absolute Gasteiger partial charge is 0.269 e. The summed E-state index contributed by atoms with van der Waals surface area (Å²) in [7, 11) is 1.56. The predicted molar refractivity (Wildman–Crippen MR) is 64.0 cm³/mol. The number of rotatable bonds is 7. The first-order valence-electron chi connectivity index (χ1n) is 5.38. The van der Waals surface area contributed by atoms with Gasteiger partial charge in [-0.1, -0.05) is 0 Å². The van der Waals surface area contributed by atoms with E-state index in [-0.39, 0.29) is 12.5 Å². The lowest BCUT2D eigenvalue weighted by Gasteiger charge is -2.07. The van der Waals surface area contributed by atoms with Crippen molar-refractivity contribution in [3.05, 3.63) is 24.0 Å². The van der Waals surface area contributed by atoms with Gasteiger partial charge in [0.2, 0.25) is 0 Å². The molecule has 0 saturated heterocycles. The van der Waals surface area contributed by atoms with Crippen LogP contribution in [0.25, 0.3) is 0 Å². The van der Waals surface area contributed by atoms with Crippen LogP contribution >= 0.6 is 0 Å². The van der Waals surface area contributed by atoms with Crippen LogP contribution in [0.4, 0.5) is 5.69 Å². The Hall–Kier alpha value is -1.66. The molecule has 6 heteroatoms. The second kappa shape index (κ2) is 7.59. The summed E-state index contributed by atoms with van der Waals surface area (Å²) < 4.78 is 5.10. The minimum absolute atomic E-state index is 0.0239. The first kappa shape index (κ1) is 13.4. The third kappa shape index (κ3) is 4.80. The highest BCUT2D eigenvalue weighted by Crippen LogP contribution is 2.07. The molecule has 1 aromatic heterocycles. The number of hydrogen-bond acceptors (Lipinski definition) is 5. The van der Waals surface area contributed by atoms with E-state index in [0.717, 1.165) is 5.69 Å². The molecule has 3 N–H and O–H groups in total. The van der Waals surface area contributed by atoms with Crippen LogP contribution in [0.1, 0.15) is 10.5 Å². The van der Waals surface area contributed by atoms with E-state index < -0.39 is 0 Å². The molecule has 1 heterocycles. The van der Waals surface area contributed by atoms with Crippen molar-refractivity contribution in [3.8, 4) is 0 Å². The van der Waals surface area contributed by atoms with Gasteiger partial charge in [0.15, 0.2) is 0 Å².